The van der Waals surface area contributed by atoms with Crippen LogP contribution in [0.4, 0.5) is 0 Å². The molecule has 2 N–H and O–H groups in total. The maximum absolute atomic E-state index is 6.29. The van der Waals surface area contributed by atoms with Gasteiger partial charge in [0.25, 0.3) is 0 Å². The van der Waals surface area contributed by atoms with Crippen molar-refractivity contribution in [1.82, 2.24) is 0 Å². The summed E-state index contributed by atoms with van der Waals surface area (Å²) < 4.78 is 0. The summed E-state index contributed by atoms with van der Waals surface area (Å²) in [4.78, 5) is 4.53. The van der Waals surface area contributed by atoms with Crippen LogP contribution in [0.25, 0.3) is 11.1 Å². The van der Waals surface area contributed by atoms with Gasteiger partial charge < -0.3 is 5.73 Å². The Morgan fingerprint density at radius 2 is 1.58 bits per heavy atom. The highest BCUT2D eigenvalue weighted by Gasteiger charge is 2.18. The third-order valence-electron chi connectivity index (χ3n) is 4.34. The van der Waals surface area contributed by atoms with Gasteiger partial charge in [0.05, 0.1) is 0 Å². The molecule has 0 saturated carbocycles. The molecule has 0 aromatic heterocycles. The summed E-state index contributed by atoms with van der Waals surface area (Å²) in [5.41, 5.74) is 12.6. The number of nitrogens with zero attached hydrogens (tertiary/aromatic N) is 1. The van der Waals surface area contributed by atoms with E-state index in [9.17, 15) is 0 Å². The van der Waals surface area contributed by atoms with Crippen LogP contribution in [0.3, 0.4) is 0 Å². The van der Waals surface area contributed by atoms with E-state index in [0.717, 1.165) is 18.5 Å². The van der Waals surface area contributed by atoms with Crippen LogP contribution in [0.2, 0.25) is 0 Å². The summed E-state index contributed by atoms with van der Waals surface area (Å²) in [6, 6.07) is 15.0. The normalized spacial score (nSPS) is 12.2. The Kier molecular flexibility index (Phi) is 6.19. The van der Waals surface area contributed by atoms with E-state index < -0.39 is 0 Å². The first-order valence-corrected chi connectivity index (χ1v) is 8.99. The molecule has 0 radical (unpaired) electrons. The average Bonchev–Trinajstić information content (AvgIpc) is 2.58. The Morgan fingerprint density at radius 3 is 2.21 bits per heavy atom. The first-order valence-electron chi connectivity index (χ1n) is 8.99. The number of benzene rings is 2. The van der Waals surface area contributed by atoms with E-state index in [1.165, 1.54) is 22.3 Å². The lowest BCUT2D eigenvalue weighted by molar-refractivity contribution is 0.792. The Hall–Kier alpha value is -2.09. The van der Waals surface area contributed by atoms with Gasteiger partial charge in [0.2, 0.25) is 0 Å². The summed E-state index contributed by atoms with van der Waals surface area (Å²) in [5.74, 6) is 1.60. The van der Waals surface area contributed by atoms with E-state index in [4.69, 9.17) is 5.73 Å². The first-order chi connectivity index (χ1) is 11.5. The molecule has 0 bridgehead atoms. The Labute approximate surface area is 146 Å². The Morgan fingerprint density at radius 1 is 0.917 bits per heavy atom. The maximum atomic E-state index is 6.29. The number of nitrogens with two attached hydrogens (primary N) is 1. The van der Waals surface area contributed by atoms with Crippen molar-refractivity contribution in [1.29, 1.82) is 0 Å². The van der Waals surface area contributed by atoms with Crippen molar-refractivity contribution >= 4 is 5.84 Å². The van der Waals surface area contributed by atoms with Crippen molar-refractivity contribution in [3.63, 3.8) is 0 Å². The van der Waals surface area contributed by atoms with Gasteiger partial charge in [-0.3, -0.25) is 4.99 Å². The third-order valence-corrected chi connectivity index (χ3v) is 4.34. The topological polar surface area (TPSA) is 38.4 Å². The Bertz CT molecular complexity index is 712. The Balaban J connectivity index is 2.68. The molecule has 0 atom stereocenters. The van der Waals surface area contributed by atoms with Crippen LogP contribution in [0.5, 0.6) is 0 Å². The van der Waals surface area contributed by atoms with Crippen LogP contribution in [0.1, 0.15) is 69.6 Å². The molecule has 2 rings (SSSR count). The highest BCUT2D eigenvalue weighted by molar-refractivity contribution is 6.03. The van der Waals surface area contributed by atoms with Crippen LogP contribution in [0.15, 0.2) is 47.5 Å². The number of aliphatic imine (C=N–C) groups is 1. The van der Waals surface area contributed by atoms with E-state index in [-0.39, 0.29) is 0 Å². The average molecular weight is 322 g/mol. The quantitative estimate of drug-likeness (QED) is 0.536. The summed E-state index contributed by atoms with van der Waals surface area (Å²) in [7, 11) is 0. The van der Waals surface area contributed by atoms with Gasteiger partial charge in [0.15, 0.2) is 0 Å². The molecule has 2 nitrogen and oxygen atoms in total. The fourth-order valence-electron chi connectivity index (χ4n) is 3.22. The molecule has 0 aliphatic heterocycles. The number of amidine groups is 1. The summed E-state index contributed by atoms with van der Waals surface area (Å²) in [6.45, 7) is 11.9. The highest BCUT2D eigenvalue weighted by atomic mass is 14.8. The third kappa shape index (κ3) is 3.87. The molecule has 2 aromatic carbocycles. The van der Waals surface area contributed by atoms with Crippen molar-refractivity contribution in [2.24, 2.45) is 10.7 Å². The molecule has 0 amide bonds. The fourth-order valence-corrected chi connectivity index (χ4v) is 3.22. The smallest absolute Gasteiger partial charge is 0.126 e. The molecular formula is C22H30N2. The largest absolute Gasteiger partial charge is 0.383 e. The zero-order chi connectivity index (χ0) is 17.7. The minimum Gasteiger partial charge on any atom is -0.383 e. The van der Waals surface area contributed by atoms with E-state index in [0.29, 0.717) is 17.7 Å². The maximum Gasteiger partial charge on any atom is 0.126 e. The van der Waals surface area contributed by atoms with E-state index in [2.05, 4.69) is 76.0 Å². The van der Waals surface area contributed by atoms with Crippen LogP contribution >= 0.6 is 0 Å². The van der Waals surface area contributed by atoms with Crippen LogP contribution < -0.4 is 5.73 Å². The molecule has 2 heteroatoms. The predicted octanol–water partition coefficient (Wildman–Crippen LogP) is 5.72. The molecule has 0 unspecified atom stereocenters. The van der Waals surface area contributed by atoms with Gasteiger partial charge in [-0.1, -0.05) is 77.1 Å². The van der Waals surface area contributed by atoms with Crippen LogP contribution in [0, 0.1) is 0 Å². The molecular weight excluding hydrogens is 292 g/mol. The first kappa shape index (κ1) is 18.3. The molecule has 24 heavy (non-hydrogen) atoms. The lowest BCUT2D eigenvalue weighted by Gasteiger charge is -2.22. The molecule has 0 heterocycles. The lowest BCUT2D eigenvalue weighted by Crippen LogP contribution is -2.15. The van der Waals surface area contributed by atoms with Crippen molar-refractivity contribution in [2.75, 3.05) is 6.54 Å². The zero-order valence-electron chi connectivity index (χ0n) is 15.6. The van der Waals surface area contributed by atoms with E-state index >= 15 is 0 Å². The SMILES string of the molecule is CCCN=C(N)c1ccccc1-c1cccc(C(C)C)c1C(C)C. The van der Waals surface area contributed by atoms with Crippen molar-refractivity contribution in [3.8, 4) is 11.1 Å². The van der Waals surface area contributed by atoms with Gasteiger partial charge in [0.1, 0.15) is 5.84 Å². The van der Waals surface area contributed by atoms with Gasteiger partial charge in [-0.05, 0) is 40.5 Å². The number of rotatable bonds is 6. The van der Waals surface area contributed by atoms with E-state index in [1.54, 1.807) is 0 Å². The van der Waals surface area contributed by atoms with Crippen molar-refractivity contribution < 1.29 is 0 Å². The summed E-state index contributed by atoms with van der Waals surface area (Å²) in [5, 5.41) is 0. The lowest BCUT2D eigenvalue weighted by atomic mass is 9.83. The second-order valence-corrected chi connectivity index (χ2v) is 6.93. The van der Waals surface area contributed by atoms with Gasteiger partial charge in [-0.15, -0.1) is 0 Å². The van der Waals surface area contributed by atoms with Gasteiger partial charge in [-0.25, -0.2) is 0 Å². The van der Waals surface area contributed by atoms with Gasteiger partial charge >= 0.3 is 0 Å². The summed E-state index contributed by atoms with van der Waals surface area (Å²) in [6.07, 6.45) is 1.00. The predicted molar refractivity (Wildman–Crippen MR) is 106 cm³/mol. The summed E-state index contributed by atoms with van der Waals surface area (Å²) >= 11 is 0. The van der Waals surface area contributed by atoms with E-state index in [1.807, 2.05) is 6.07 Å². The molecule has 2 aromatic rings. The second-order valence-electron chi connectivity index (χ2n) is 6.93. The number of hydrogen-bond acceptors (Lipinski definition) is 1. The monoisotopic (exact) mass is 322 g/mol. The highest BCUT2D eigenvalue weighted by Crippen LogP contribution is 2.36. The zero-order valence-corrected chi connectivity index (χ0v) is 15.6. The molecule has 0 spiro atoms. The fraction of sp³-hybridized carbons (Fsp3) is 0.409. The standard InChI is InChI=1S/C22H30N2/c1-6-14-24-22(23)20-11-8-7-10-18(20)19-13-9-12-17(15(2)3)21(19)16(4)5/h7-13,15-16H,6,14H2,1-5H3,(H2,23,24). The second kappa shape index (κ2) is 8.14. The van der Waals surface area contributed by atoms with Crippen LogP contribution in [-0.4, -0.2) is 12.4 Å². The van der Waals surface area contributed by atoms with Crippen molar-refractivity contribution in [2.45, 2.75) is 52.9 Å². The van der Waals surface area contributed by atoms with Crippen LogP contribution in [-0.2, 0) is 0 Å². The van der Waals surface area contributed by atoms with Gasteiger partial charge in [0, 0.05) is 12.1 Å². The molecule has 128 valence electrons. The molecule has 0 aliphatic rings. The van der Waals surface area contributed by atoms with Gasteiger partial charge in [-0.2, -0.15) is 0 Å². The molecule has 0 saturated heterocycles. The number of hydrogen-bond donors (Lipinski definition) is 1. The van der Waals surface area contributed by atoms with Crippen molar-refractivity contribution in [3.05, 3.63) is 59.2 Å². The minimum atomic E-state index is 0.459. The molecule has 0 fully saturated rings. The molecule has 0 aliphatic carbocycles. The minimum absolute atomic E-state index is 0.459.